The molecule has 0 aromatic heterocycles. The van der Waals surface area contributed by atoms with Gasteiger partial charge in [-0.25, -0.2) is 4.39 Å². The molecule has 3 heteroatoms. The molecule has 1 aliphatic carbocycles. The van der Waals surface area contributed by atoms with Crippen molar-refractivity contribution in [3.05, 3.63) is 47.8 Å². The van der Waals surface area contributed by atoms with Gasteiger partial charge in [-0.2, -0.15) is 0 Å². The molecule has 92 valence electrons. The predicted octanol–water partition coefficient (Wildman–Crippen LogP) is 2.56. The summed E-state index contributed by atoms with van der Waals surface area (Å²) >= 11 is 0. The van der Waals surface area contributed by atoms with Gasteiger partial charge in [0.2, 0.25) is 0 Å². The zero-order valence-corrected chi connectivity index (χ0v) is 9.77. The van der Waals surface area contributed by atoms with Crippen molar-refractivity contribution < 1.29 is 9.50 Å². The molecule has 0 saturated heterocycles. The quantitative estimate of drug-likeness (QED) is 0.786. The Hall–Kier alpha value is -1.19. The SMILES string of the molecule is OC[C@@H](N[C@@H]1C=CCCC1)c1cccc(F)c1. The normalized spacial score (nSPS) is 21.4. The summed E-state index contributed by atoms with van der Waals surface area (Å²) in [6.07, 6.45) is 7.65. The second-order valence-corrected chi connectivity index (χ2v) is 4.42. The Morgan fingerprint density at radius 2 is 2.35 bits per heavy atom. The van der Waals surface area contributed by atoms with Crippen LogP contribution >= 0.6 is 0 Å². The van der Waals surface area contributed by atoms with Crippen LogP contribution in [-0.2, 0) is 0 Å². The molecule has 0 radical (unpaired) electrons. The topological polar surface area (TPSA) is 32.3 Å². The van der Waals surface area contributed by atoms with Crippen LogP contribution in [0.5, 0.6) is 0 Å². The van der Waals surface area contributed by atoms with Crippen molar-refractivity contribution in [2.75, 3.05) is 6.61 Å². The number of aliphatic hydroxyl groups is 1. The van der Waals surface area contributed by atoms with Crippen LogP contribution in [0.3, 0.4) is 0 Å². The second kappa shape index (κ2) is 5.94. The molecular formula is C14H18FNO. The molecule has 0 amide bonds. The maximum atomic E-state index is 13.1. The Morgan fingerprint density at radius 1 is 1.47 bits per heavy atom. The van der Waals surface area contributed by atoms with E-state index in [0.717, 1.165) is 24.8 Å². The number of rotatable bonds is 4. The maximum Gasteiger partial charge on any atom is 0.123 e. The summed E-state index contributed by atoms with van der Waals surface area (Å²) in [5.41, 5.74) is 0.798. The fraction of sp³-hybridized carbons (Fsp3) is 0.429. The number of allylic oxidation sites excluding steroid dienone is 1. The third-order valence-corrected chi connectivity index (χ3v) is 3.10. The fourth-order valence-corrected chi connectivity index (χ4v) is 2.19. The lowest BCUT2D eigenvalue weighted by molar-refractivity contribution is 0.235. The van der Waals surface area contributed by atoms with Crippen molar-refractivity contribution >= 4 is 0 Å². The van der Waals surface area contributed by atoms with Crippen molar-refractivity contribution in [2.45, 2.75) is 31.3 Å². The summed E-state index contributed by atoms with van der Waals surface area (Å²) < 4.78 is 13.1. The highest BCUT2D eigenvalue weighted by atomic mass is 19.1. The summed E-state index contributed by atoms with van der Waals surface area (Å²) in [5.74, 6) is -0.262. The minimum absolute atomic E-state index is 0.0200. The Labute approximate surface area is 101 Å². The zero-order chi connectivity index (χ0) is 12.1. The number of nitrogens with one attached hydrogen (secondary N) is 1. The van der Waals surface area contributed by atoms with Crippen molar-refractivity contribution in [3.63, 3.8) is 0 Å². The van der Waals surface area contributed by atoms with Crippen LogP contribution in [-0.4, -0.2) is 17.8 Å². The number of hydrogen-bond donors (Lipinski definition) is 2. The maximum absolute atomic E-state index is 13.1. The van der Waals surface area contributed by atoms with Crippen LogP contribution < -0.4 is 5.32 Å². The Kier molecular flexibility index (Phi) is 4.29. The average molecular weight is 235 g/mol. The first-order valence-corrected chi connectivity index (χ1v) is 6.08. The summed E-state index contributed by atoms with van der Waals surface area (Å²) in [6.45, 7) is -0.0200. The van der Waals surface area contributed by atoms with Crippen LogP contribution in [0.2, 0.25) is 0 Å². The molecule has 17 heavy (non-hydrogen) atoms. The van der Waals surface area contributed by atoms with Gasteiger partial charge in [-0.1, -0.05) is 24.3 Å². The minimum Gasteiger partial charge on any atom is -0.394 e. The number of halogens is 1. The van der Waals surface area contributed by atoms with E-state index in [-0.39, 0.29) is 24.5 Å². The Morgan fingerprint density at radius 3 is 3.00 bits per heavy atom. The highest BCUT2D eigenvalue weighted by Gasteiger charge is 2.16. The molecule has 2 N–H and O–H groups in total. The van der Waals surface area contributed by atoms with Gasteiger partial charge < -0.3 is 10.4 Å². The van der Waals surface area contributed by atoms with E-state index in [1.807, 2.05) is 6.07 Å². The standard InChI is InChI=1S/C14H18FNO/c15-12-6-4-5-11(9-12)14(10-17)16-13-7-2-1-3-8-13/h2,4-7,9,13-14,16-17H,1,3,8,10H2/t13-,14-/m1/s1. The monoisotopic (exact) mass is 235 g/mol. The molecule has 2 nitrogen and oxygen atoms in total. The summed E-state index contributed by atoms with van der Waals surface area (Å²) in [5, 5.41) is 12.7. The van der Waals surface area contributed by atoms with Crippen LogP contribution in [0.1, 0.15) is 30.9 Å². The second-order valence-electron chi connectivity index (χ2n) is 4.42. The fourth-order valence-electron chi connectivity index (χ4n) is 2.19. The summed E-state index contributed by atoms with van der Waals surface area (Å²) in [4.78, 5) is 0. The molecule has 0 heterocycles. The molecule has 1 aromatic rings. The number of hydrogen-bond acceptors (Lipinski definition) is 2. The first kappa shape index (κ1) is 12.3. The predicted molar refractivity (Wildman–Crippen MR) is 66.1 cm³/mol. The van der Waals surface area contributed by atoms with Gasteiger partial charge >= 0.3 is 0 Å². The van der Waals surface area contributed by atoms with Gasteiger partial charge in [0, 0.05) is 6.04 Å². The zero-order valence-electron chi connectivity index (χ0n) is 9.77. The molecule has 0 unspecified atom stereocenters. The third kappa shape index (κ3) is 3.38. The number of benzene rings is 1. The molecule has 1 aliphatic rings. The Bertz CT molecular complexity index is 392. The van der Waals surface area contributed by atoms with Crippen molar-refractivity contribution in [1.82, 2.24) is 5.32 Å². The van der Waals surface area contributed by atoms with Crippen molar-refractivity contribution in [1.29, 1.82) is 0 Å². The highest BCUT2D eigenvalue weighted by Crippen LogP contribution is 2.18. The van der Waals surface area contributed by atoms with Gasteiger partial charge in [-0.05, 0) is 37.0 Å². The lowest BCUT2D eigenvalue weighted by atomic mass is 10.00. The van der Waals surface area contributed by atoms with Gasteiger partial charge in [-0.3, -0.25) is 0 Å². The van der Waals surface area contributed by atoms with Crippen LogP contribution in [0, 0.1) is 5.82 Å². The van der Waals surface area contributed by atoms with Gasteiger partial charge in [0.15, 0.2) is 0 Å². The summed E-state index contributed by atoms with van der Waals surface area (Å²) in [7, 11) is 0. The van der Waals surface area contributed by atoms with Gasteiger partial charge in [0.1, 0.15) is 5.82 Å². The van der Waals surface area contributed by atoms with E-state index in [2.05, 4.69) is 17.5 Å². The molecule has 0 saturated carbocycles. The van der Waals surface area contributed by atoms with E-state index in [9.17, 15) is 9.50 Å². The van der Waals surface area contributed by atoms with Crippen molar-refractivity contribution in [2.24, 2.45) is 0 Å². The Balaban J connectivity index is 2.05. The molecule has 0 aliphatic heterocycles. The summed E-state index contributed by atoms with van der Waals surface area (Å²) in [6, 6.07) is 6.48. The van der Waals surface area contributed by atoms with Crippen LogP contribution in [0.4, 0.5) is 4.39 Å². The van der Waals surface area contributed by atoms with E-state index < -0.39 is 0 Å². The molecule has 2 rings (SSSR count). The average Bonchev–Trinajstić information content (AvgIpc) is 2.37. The first-order valence-electron chi connectivity index (χ1n) is 6.08. The molecule has 0 bridgehead atoms. The molecule has 0 fully saturated rings. The lowest BCUT2D eigenvalue weighted by Gasteiger charge is -2.24. The van der Waals surface area contributed by atoms with E-state index in [4.69, 9.17) is 0 Å². The minimum atomic E-state index is -0.262. The van der Waals surface area contributed by atoms with E-state index in [1.165, 1.54) is 12.1 Å². The number of aliphatic hydroxyl groups excluding tert-OH is 1. The van der Waals surface area contributed by atoms with E-state index >= 15 is 0 Å². The van der Waals surface area contributed by atoms with Gasteiger partial charge in [-0.15, -0.1) is 0 Å². The first-order chi connectivity index (χ1) is 8.29. The van der Waals surface area contributed by atoms with Crippen molar-refractivity contribution in [3.8, 4) is 0 Å². The third-order valence-electron chi connectivity index (χ3n) is 3.10. The van der Waals surface area contributed by atoms with Crippen LogP contribution in [0.25, 0.3) is 0 Å². The van der Waals surface area contributed by atoms with E-state index in [1.54, 1.807) is 6.07 Å². The van der Waals surface area contributed by atoms with Gasteiger partial charge in [0.05, 0.1) is 12.6 Å². The lowest BCUT2D eigenvalue weighted by Crippen LogP contribution is -2.34. The molecule has 1 aromatic carbocycles. The molecule has 2 atom stereocenters. The highest BCUT2D eigenvalue weighted by molar-refractivity contribution is 5.21. The molecular weight excluding hydrogens is 217 g/mol. The van der Waals surface area contributed by atoms with Gasteiger partial charge in [0.25, 0.3) is 0 Å². The smallest absolute Gasteiger partial charge is 0.123 e. The molecule has 0 spiro atoms. The van der Waals surface area contributed by atoms with E-state index in [0.29, 0.717) is 0 Å². The largest absolute Gasteiger partial charge is 0.394 e. The van der Waals surface area contributed by atoms with Crippen LogP contribution in [0.15, 0.2) is 36.4 Å².